The lowest BCUT2D eigenvalue weighted by molar-refractivity contribution is -0.140. The number of hydrogen-bond donors (Lipinski definition) is 2. The smallest absolute Gasteiger partial charge is 0.308 e. The first-order valence-corrected chi connectivity index (χ1v) is 5.99. The van der Waals surface area contributed by atoms with Gasteiger partial charge in [0.2, 0.25) is 0 Å². The molecule has 1 heterocycles. The van der Waals surface area contributed by atoms with Crippen LogP contribution in [0, 0.1) is 5.92 Å². The van der Waals surface area contributed by atoms with Gasteiger partial charge >= 0.3 is 5.97 Å². The summed E-state index contributed by atoms with van der Waals surface area (Å²) in [5.41, 5.74) is 1.33. The average molecular weight is 253 g/mol. The molecule has 6 heteroatoms. The molecule has 0 aliphatic rings. The largest absolute Gasteiger partial charge is 0.481 e. The molecular formula is C12H19N3O3. The summed E-state index contributed by atoms with van der Waals surface area (Å²) in [5.74, 6) is -1.82. The number of carboxylic acids is 1. The van der Waals surface area contributed by atoms with E-state index in [9.17, 15) is 9.59 Å². The van der Waals surface area contributed by atoms with E-state index in [4.69, 9.17) is 5.11 Å². The Morgan fingerprint density at radius 1 is 1.56 bits per heavy atom. The number of rotatable bonds is 6. The number of aromatic nitrogens is 2. The molecule has 0 radical (unpaired) electrons. The molecule has 0 aliphatic heterocycles. The van der Waals surface area contributed by atoms with E-state index in [2.05, 4.69) is 10.4 Å². The summed E-state index contributed by atoms with van der Waals surface area (Å²) in [6, 6.07) is 1.74. The zero-order valence-corrected chi connectivity index (χ0v) is 10.9. The van der Waals surface area contributed by atoms with Crippen molar-refractivity contribution in [1.29, 1.82) is 0 Å². The van der Waals surface area contributed by atoms with Crippen LogP contribution in [-0.4, -0.2) is 33.3 Å². The lowest BCUT2D eigenvalue weighted by atomic mass is 10.2. The maximum atomic E-state index is 11.8. The molecule has 1 aromatic heterocycles. The van der Waals surface area contributed by atoms with E-state index in [-0.39, 0.29) is 12.5 Å². The standard InChI is InChI=1S/C12H19N3O3/c1-4-5-9-6-10(15(3)14-9)11(16)13-7-8(2)12(17)18/h6,8H,4-5,7H2,1-3H3,(H,13,16)(H,17,18)/t8-/m0/s1. The second kappa shape index (κ2) is 6.18. The number of amides is 1. The normalized spacial score (nSPS) is 12.2. The van der Waals surface area contributed by atoms with Gasteiger partial charge < -0.3 is 10.4 Å². The summed E-state index contributed by atoms with van der Waals surface area (Å²) in [7, 11) is 1.70. The Morgan fingerprint density at radius 3 is 2.78 bits per heavy atom. The van der Waals surface area contributed by atoms with Gasteiger partial charge in [-0.3, -0.25) is 14.3 Å². The molecule has 1 atom stereocenters. The van der Waals surface area contributed by atoms with Crippen LogP contribution in [0.15, 0.2) is 6.07 Å². The predicted molar refractivity (Wildman–Crippen MR) is 66.3 cm³/mol. The lowest BCUT2D eigenvalue weighted by Crippen LogP contribution is -2.32. The van der Waals surface area contributed by atoms with Crippen molar-refractivity contribution in [2.24, 2.45) is 13.0 Å². The molecule has 18 heavy (non-hydrogen) atoms. The molecule has 1 aromatic rings. The van der Waals surface area contributed by atoms with E-state index >= 15 is 0 Å². The number of carbonyl (C=O) groups is 2. The van der Waals surface area contributed by atoms with Crippen molar-refractivity contribution < 1.29 is 14.7 Å². The van der Waals surface area contributed by atoms with Crippen molar-refractivity contribution in [2.75, 3.05) is 6.54 Å². The Labute approximate surface area is 106 Å². The third kappa shape index (κ3) is 3.58. The van der Waals surface area contributed by atoms with Crippen LogP contribution < -0.4 is 5.32 Å². The van der Waals surface area contributed by atoms with Gasteiger partial charge in [0, 0.05) is 13.6 Å². The summed E-state index contributed by atoms with van der Waals surface area (Å²) in [5, 5.41) is 15.5. The Kier molecular flexibility index (Phi) is 4.88. The van der Waals surface area contributed by atoms with E-state index in [0.29, 0.717) is 5.69 Å². The minimum Gasteiger partial charge on any atom is -0.481 e. The number of nitrogens with zero attached hydrogens (tertiary/aromatic N) is 2. The molecule has 0 fully saturated rings. The minimum atomic E-state index is -0.924. The van der Waals surface area contributed by atoms with Crippen LogP contribution in [0.5, 0.6) is 0 Å². The molecule has 1 rings (SSSR count). The number of hydrogen-bond acceptors (Lipinski definition) is 3. The fourth-order valence-electron chi connectivity index (χ4n) is 1.54. The van der Waals surface area contributed by atoms with Crippen LogP contribution >= 0.6 is 0 Å². The van der Waals surface area contributed by atoms with Crippen LogP contribution in [0.2, 0.25) is 0 Å². The molecule has 0 aliphatic carbocycles. The molecular weight excluding hydrogens is 234 g/mol. The van der Waals surface area contributed by atoms with E-state index in [1.54, 1.807) is 20.0 Å². The summed E-state index contributed by atoms with van der Waals surface area (Å²) in [6.45, 7) is 3.71. The van der Waals surface area contributed by atoms with Crippen LogP contribution in [0.4, 0.5) is 0 Å². The number of carboxylic acid groups (broad SMARTS) is 1. The Balaban J connectivity index is 2.64. The second-order valence-electron chi connectivity index (χ2n) is 4.34. The van der Waals surface area contributed by atoms with Gasteiger partial charge in [0.15, 0.2) is 0 Å². The Hall–Kier alpha value is -1.85. The first kappa shape index (κ1) is 14.2. The average Bonchev–Trinajstić information content (AvgIpc) is 2.67. The molecule has 0 bridgehead atoms. The molecule has 0 saturated carbocycles. The molecule has 6 nitrogen and oxygen atoms in total. The van der Waals surface area contributed by atoms with Crippen LogP contribution in [0.3, 0.4) is 0 Å². The van der Waals surface area contributed by atoms with Crippen LogP contribution in [0.25, 0.3) is 0 Å². The zero-order chi connectivity index (χ0) is 13.7. The molecule has 1 amide bonds. The summed E-state index contributed by atoms with van der Waals surface area (Å²) in [4.78, 5) is 22.5. The maximum absolute atomic E-state index is 11.8. The highest BCUT2D eigenvalue weighted by atomic mass is 16.4. The van der Waals surface area contributed by atoms with Gasteiger partial charge in [-0.25, -0.2) is 0 Å². The summed E-state index contributed by atoms with van der Waals surface area (Å²) < 4.78 is 1.52. The van der Waals surface area contributed by atoms with Gasteiger partial charge in [-0.15, -0.1) is 0 Å². The third-order valence-electron chi connectivity index (χ3n) is 2.66. The van der Waals surface area contributed by atoms with Gasteiger partial charge in [-0.2, -0.15) is 5.10 Å². The maximum Gasteiger partial charge on any atom is 0.308 e. The van der Waals surface area contributed by atoms with Crippen molar-refractivity contribution in [3.8, 4) is 0 Å². The van der Waals surface area contributed by atoms with Gasteiger partial charge in [0.25, 0.3) is 5.91 Å². The zero-order valence-electron chi connectivity index (χ0n) is 10.9. The van der Waals surface area contributed by atoms with E-state index < -0.39 is 11.9 Å². The second-order valence-corrected chi connectivity index (χ2v) is 4.34. The first-order valence-electron chi connectivity index (χ1n) is 5.99. The predicted octanol–water partition coefficient (Wildman–Crippen LogP) is 0.823. The quantitative estimate of drug-likeness (QED) is 0.786. The Morgan fingerprint density at radius 2 is 2.22 bits per heavy atom. The number of nitrogens with one attached hydrogen (secondary N) is 1. The fraction of sp³-hybridized carbons (Fsp3) is 0.583. The fourth-order valence-corrected chi connectivity index (χ4v) is 1.54. The van der Waals surface area contributed by atoms with Gasteiger partial charge in [0.1, 0.15) is 5.69 Å². The SMILES string of the molecule is CCCc1cc(C(=O)NC[C@H](C)C(=O)O)n(C)n1. The highest BCUT2D eigenvalue weighted by molar-refractivity contribution is 5.92. The molecule has 0 aromatic carbocycles. The molecule has 100 valence electrons. The molecule has 0 unspecified atom stereocenters. The first-order chi connectivity index (χ1) is 8.45. The molecule has 0 spiro atoms. The highest BCUT2D eigenvalue weighted by Gasteiger charge is 2.16. The van der Waals surface area contributed by atoms with Gasteiger partial charge in [-0.05, 0) is 12.5 Å². The third-order valence-corrected chi connectivity index (χ3v) is 2.66. The monoisotopic (exact) mass is 253 g/mol. The highest BCUT2D eigenvalue weighted by Crippen LogP contribution is 2.05. The summed E-state index contributed by atoms with van der Waals surface area (Å²) in [6.07, 6.45) is 1.79. The summed E-state index contributed by atoms with van der Waals surface area (Å²) >= 11 is 0. The Bertz CT molecular complexity index is 440. The van der Waals surface area contributed by atoms with E-state index in [0.717, 1.165) is 18.5 Å². The number of carbonyl (C=O) groups excluding carboxylic acids is 1. The van der Waals surface area contributed by atoms with Crippen molar-refractivity contribution in [1.82, 2.24) is 15.1 Å². The van der Waals surface area contributed by atoms with Crippen molar-refractivity contribution >= 4 is 11.9 Å². The van der Waals surface area contributed by atoms with Crippen molar-refractivity contribution in [2.45, 2.75) is 26.7 Å². The van der Waals surface area contributed by atoms with E-state index in [1.807, 2.05) is 6.92 Å². The van der Waals surface area contributed by atoms with Gasteiger partial charge in [-0.1, -0.05) is 20.3 Å². The minimum absolute atomic E-state index is 0.114. The molecule has 2 N–H and O–H groups in total. The van der Waals surface area contributed by atoms with Crippen molar-refractivity contribution in [3.05, 3.63) is 17.5 Å². The topological polar surface area (TPSA) is 84.2 Å². The molecule has 0 saturated heterocycles. The number of aliphatic carboxylic acids is 1. The van der Waals surface area contributed by atoms with Crippen LogP contribution in [-0.2, 0) is 18.3 Å². The lowest BCUT2D eigenvalue weighted by Gasteiger charge is -2.08. The van der Waals surface area contributed by atoms with E-state index in [1.165, 1.54) is 4.68 Å². The van der Waals surface area contributed by atoms with Crippen molar-refractivity contribution in [3.63, 3.8) is 0 Å². The van der Waals surface area contributed by atoms with Crippen LogP contribution in [0.1, 0.15) is 36.5 Å². The number of aryl methyl sites for hydroxylation is 2. The van der Waals surface area contributed by atoms with Gasteiger partial charge in [0.05, 0.1) is 11.6 Å².